The molecule has 0 saturated heterocycles. The molecule has 18 heavy (non-hydrogen) atoms. The number of hydrogen-bond acceptors (Lipinski definition) is 2. The fraction of sp³-hybridized carbons (Fsp3) is 0.933. The van der Waals surface area contributed by atoms with Gasteiger partial charge >= 0.3 is 0 Å². The Morgan fingerprint density at radius 3 is 2.44 bits per heavy atom. The van der Waals surface area contributed by atoms with Crippen LogP contribution in [0.4, 0.5) is 0 Å². The number of aliphatic imine (C=N–C) groups is 1. The van der Waals surface area contributed by atoms with E-state index in [0.717, 1.165) is 24.4 Å². The Balaban J connectivity index is 0.00000120. The number of nitrogens with one attached hydrogen (secondary N) is 1. The minimum Gasteiger partial charge on any atom is -0.371 e. The van der Waals surface area contributed by atoms with E-state index in [-0.39, 0.29) is 12.4 Å². The number of hydrogen-bond donors (Lipinski definition) is 1. The van der Waals surface area contributed by atoms with Crippen LogP contribution in [0.3, 0.4) is 0 Å². The molecule has 1 heterocycles. The molecule has 3 aliphatic rings. The van der Waals surface area contributed by atoms with Crippen LogP contribution in [0.15, 0.2) is 4.99 Å². The largest absolute Gasteiger partial charge is 0.371 e. The zero-order valence-electron chi connectivity index (χ0n) is 11.4. The predicted octanol–water partition coefficient (Wildman–Crippen LogP) is 3.94. The Morgan fingerprint density at radius 1 is 0.889 bits per heavy atom. The monoisotopic (exact) mass is 270 g/mol. The maximum atomic E-state index is 4.58. The van der Waals surface area contributed by atoms with Crippen molar-refractivity contribution in [2.45, 2.75) is 70.3 Å². The minimum absolute atomic E-state index is 0. The molecule has 2 atom stereocenters. The Bertz CT molecular complexity index is 284. The third-order valence-electron chi connectivity index (χ3n) is 5.05. The zero-order chi connectivity index (χ0) is 11.5. The molecule has 3 rings (SSSR count). The van der Waals surface area contributed by atoms with Crippen LogP contribution in [0.5, 0.6) is 0 Å². The molecule has 0 aromatic heterocycles. The summed E-state index contributed by atoms with van der Waals surface area (Å²) in [6.45, 7) is 1.06. The minimum atomic E-state index is 0. The van der Waals surface area contributed by atoms with Gasteiger partial charge in [-0.25, -0.2) is 0 Å². The van der Waals surface area contributed by atoms with Gasteiger partial charge in [0.1, 0.15) is 0 Å². The van der Waals surface area contributed by atoms with Crippen LogP contribution < -0.4 is 5.32 Å². The van der Waals surface area contributed by atoms with Crippen molar-refractivity contribution in [2.24, 2.45) is 16.8 Å². The van der Waals surface area contributed by atoms with E-state index in [0.29, 0.717) is 0 Å². The summed E-state index contributed by atoms with van der Waals surface area (Å²) in [4.78, 5) is 4.58. The van der Waals surface area contributed by atoms with Crippen molar-refractivity contribution in [3.05, 3.63) is 0 Å². The highest BCUT2D eigenvalue weighted by molar-refractivity contribution is 5.85. The Hall–Kier alpha value is -0.240. The number of rotatable bonds is 2. The van der Waals surface area contributed by atoms with Crippen LogP contribution in [0.1, 0.15) is 64.2 Å². The molecule has 0 radical (unpaired) electrons. The summed E-state index contributed by atoms with van der Waals surface area (Å²) < 4.78 is 0. The fourth-order valence-electron chi connectivity index (χ4n) is 4.17. The number of halogens is 1. The molecule has 0 amide bonds. The second kappa shape index (κ2) is 6.79. The molecule has 2 saturated carbocycles. The van der Waals surface area contributed by atoms with Gasteiger partial charge in [0.25, 0.3) is 0 Å². The SMILES string of the molecule is C1CCC(C2CCCC2NC2=NCCC2)CC1.Cl. The van der Waals surface area contributed by atoms with Crippen molar-refractivity contribution >= 4 is 18.2 Å². The molecule has 2 fully saturated rings. The summed E-state index contributed by atoms with van der Waals surface area (Å²) in [6, 6.07) is 0.759. The van der Waals surface area contributed by atoms with Crippen LogP contribution in [0.2, 0.25) is 0 Å². The third-order valence-corrected chi connectivity index (χ3v) is 5.05. The van der Waals surface area contributed by atoms with Crippen LogP contribution in [0.25, 0.3) is 0 Å². The first kappa shape index (κ1) is 14.2. The van der Waals surface area contributed by atoms with E-state index >= 15 is 0 Å². The molecule has 0 aromatic rings. The average molecular weight is 271 g/mol. The van der Waals surface area contributed by atoms with E-state index < -0.39 is 0 Å². The predicted molar refractivity (Wildman–Crippen MR) is 79.6 cm³/mol. The first-order chi connectivity index (χ1) is 8.43. The molecule has 2 unspecified atom stereocenters. The third kappa shape index (κ3) is 3.20. The van der Waals surface area contributed by atoms with Crippen LogP contribution in [0, 0.1) is 11.8 Å². The van der Waals surface area contributed by atoms with Gasteiger partial charge in [-0.1, -0.05) is 38.5 Å². The lowest BCUT2D eigenvalue weighted by atomic mass is 9.77. The van der Waals surface area contributed by atoms with Crippen molar-refractivity contribution in [1.29, 1.82) is 0 Å². The molecular formula is C15H27ClN2. The van der Waals surface area contributed by atoms with Crippen molar-refractivity contribution in [3.8, 4) is 0 Å². The lowest BCUT2D eigenvalue weighted by molar-refractivity contribution is 0.226. The first-order valence-electron chi connectivity index (χ1n) is 7.73. The molecule has 0 spiro atoms. The molecule has 0 bridgehead atoms. The van der Waals surface area contributed by atoms with E-state index in [1.807, 2.05) is 0 Å². The highest BCUT2D eigenvalue weighted by Crippen LogP contribution is 2.39. The summed E-state index contributed by atoms with van der Waals surface area (Å²) in [5, 5.41) is 3.78. The van der Waals surface area contributed by atoms with Crippen molar-refractivity contribution < 1.29 is 0 Å². The van der Waals surface area contributed by atoms with Crippen molar-refractivity contribution in [2.75, 3.05) is 6.54 Å². The van der Waals surface area contributed by atoms with Gasteiger partial charge in [0.2, 0.25) is 0 Å². The van der Waals surface area contributed by atoms with E-state index in [4.69, 9.17) is 0 Å². The van der Waals surface area contributed by atoms with Crippen LogP contribution >= 0.6 is 12.4 Å². The smallest absolute Gasteiger partial charge is 0.0965 e. The normalized spacial score (nSPS) is 33.0. The summed E-state index contributed by atoms with van der Waals surface area (Å²) in [5.74, 6) is 3.29. The highest BCUT2D eigenvalue weighted by atomic mass is 35.5. The molecular weight excluding hydrogens is 244 g/mol. The van der Waals surface area contributed by atoms with Gasteiger partial charge in [0.05, 0.1) is 5.84 Å². The molecule has 2 aliphatic carbocycles. The molecule has 104 valence electrons. The Labute approximate surface area is 117 Å². The molecule has 0 aromatic carbocycles. The maximum Gasteiger partial charge on any atom is 0.0965 e. The standard InChI is InChI=1S/C15H26N2.ClH/c1-2-6-12(7-3-1)13-8-4-9-14(13)17-15-10-5-11-16-15;/h12-14H,1-11H2,(H,16,17);1H. The maximum absolute atomic E-state index is 4.58. The lowest BCUT2D eigenvalue weighted by Crippen LogP contribution is -2.39. The first-order valence-corrected chi connectivity index (χ1v) is 7.73. The zero-order valence-corrected chi connectivity index (χ0v) is 12.2. The van der Waals surface area contributed by atoms with E-state index in [1.54, 1.807) is 0 Å². The van der Waals surface area contributed by atoms with Gasteiger partial charge in [0, 0.05) is 19.0 Å². The Morgan fingerprint density at radius 2 is 1.72 bits per heavy atom. The van der Waals surface area contributed by atoms with Crippen molar-refractivity contribution in [3.63, 3.8) is 0 Å². The van der Waals surface area contributed by atoms with Gasteiger partial charge in [0.15, 0.2) is 0 Å². The van der Waals surface area contributed by atoms with Gasteiger partial charge < -0.3 is 5.32 Å². The molecule has 1 aliphatic heterocycles. The van der Waals surface area contributed by atoms with E-state index in [1.165, 1.54) is 70.0 Å². The summed E-state index contributed by atoms with van der Waals surface area (Å²) >= 11 is 0. The summed E-state index contributed by atoms with van der Waals surface area (Å²) in [6.07, 6.45) is 14.2. The summed E-state index contributed by atoms with van der Waals surface area (Å²) in [7, 11) is 0. The Kier molecular flexibility index (Phi) is 5.35. The van der Waals surface area contributed by atoms with Gasteiger partial charge in [-0.15, -0.1) is 12.4 Å². The molecule has 3 heteroatoms. The number of amidine groups is 1. The summed E-state index contributed by atoms with van der Waals surface area (Å²) in [5.41, 5.74) is 0. The molecule has 1 N–H and O–H groups in total. The van der Waals surface area contributed by atoms with Crippen molar-refractivity contribution in [1.82, 2.24) is 5.32 Å². The topological polar surface area (TPSA) is 24.4 Å². The van der Waals surface area contributed by atoms with Gasteiger partial charge in [-0.3, -0.25) is 4.99 Å². The molecule has 2 nitrogen and oxygen atoms in total. The van der Waals surface area contributed by atoms with E-state index in [2.05, 4.69) is 10.3 Å². The van der Waals surface area contributed by atoms with Crippen LogP contribution in [-0.4, -0.2) is 18.4 Å². The quantitative estimate of drug-likeness (QED) is 0.808. The van der Waals surface area contributed by atoms with Gasteiger partial charge in [-0.2, -0.15) is 0 Å². The average Bonchev–Trinajstić information content (AvgIpc) is 3.02. The second-order valence-electron chi connectivity index (χ2n) is 6.18. The van der Waals surface area contributed by atoms with Crippen LogP contribution in [-0.2, 0) is 0 Å². The second-order valence-corrected chi connectivity index (χ2v) is 6.18. The van der Waals surface area contributed by atoms with Gasteiger partial charge in [-0.05, 0) is 31.1 Å². The number of nitrogens with zero attached hydrogens (tertiary/aromatic N) is 1. The highest BCUT2D eigenvalue weighted by Gasteiger charge is 2.34. The van der Waals surface area contributed by atoms with E-state index in [9.17, 15) is 0 Å². The lowest BCUT2D eigenvalue weighted by Gasteiger charge is -2.32. The fourth-order valence-corrected chi connectivity index (χ4v) is 4.17.